The fraction of sp³-hybridized carbons (Fsp3) is 0.152. The Kier molecular flexibility index (Phi) is 21.1. The first-order valence-corrected chi connectivity index (χ1v) is 48.3. The van der Waals surface area contributed by atoms with Gasteiger partial charge in [-0.15, -0.1) is 0 Å². The summed E-state index contributed by atoms with van der Waals surface area (Å²) in [5.74, 6) is -0.0429. The molecule has 18 heteroatoms. The molecule has 10 nitrogen and oxygen atoms in total. The Morgan fingerprint density at radius 1 is 0.238 bits per heavy atom. The van der Waals surface area contributed by atoms with E-state index in [0.29, 0.717) is 21.6 Å². The first-order chi connectivity index (χ1) is 63.0. The van der Waals surface area contributed by atoms with Crippen molar-refractivity contribution in [1.29, 1.82) is 0 Å². The van der Waals surface area contributed by atoms with E-state index >= 15 is 0 Å². The monoisotopic (exact) mass is 2100 g/mol. The number of carbonyl (C=O) groups excluding carboxylic acids is 5. The third-order valence-electron chi connectivity index (χ3n) is 29.6. The summed E-state index contributed by atoms with van der Waals surface area (Å²) in [6, 6.07) is 123. The SMILES string of the molecule is Cc1cc(Br)cc2c1NC(=O)C21CC1(c1ccccc1)c1ccccc1.Cc1cc2c(cc1Br)C1(CC1(c1ccccc1)c1ccccc1)C(=O)N2.O=C1Nc2c(Br)cc(F)cc2C12CC2(c1ccccc1)c1ccccc1.O=C1Nc2cc(Br)c(Br)cc2C12CC2(c1ccccc1)c1ccccc1.O=C1Nc2cc(Cl)c(Br)cc2C12CC2(c1ccccc1)c1ccccc1. The van der Waals surface area contributed by atoms with Crippen LogP contribution >= 0.6 is 107 Å². The van der Waals surface area contributed by atoms with Crippen LogP contribution in [0.15, 0.2) is 391 Å². The molecular formula is C112H81Br6ClFN5O5. The maximum atomic E-state index is 14.2. The van der Waals surface area contributed by atoms with E-state index in [-0.39, 0.29) is 57.0 Å². The van der Waals surface area contributed by atoms with Gasteiger partial charge in [0.25, 0.3) is 0 Å². The number of benzene rings is 15. The Labute approximate surface area is 808 Å². The Bertz CT molecular complexity index is 6370. The molecule has 5 aliphatic carbocycles. The van der Waals surface area contributed by atoms with Gasteiger partial charge in [-0.3, -0.25) is 24.0 Å². The highest BCUT2D eigenvalue weighted by molar-refractivity contribution is 9.13. The molecule has 5 spiro atoms. The summed E-state index contributed by atoms with van der Waals surface area (Å²) in [5, 5.41) is 16.1. The molecule has 0 saturated heterocycles. The Balaban J connectivity index is 0.0000000983. The highest BCUT2D eigenvalue weighted by Gasteiger charge is 2.81. The number of nitrogens with one attached hydrogen (secondary N) is 5. The number of fused-ring (bicyclic) bond motifs is 10. The molecule has 25 rings (SSSR count). The summed E-state index contributed by atoms with van der Waals surface area (Å²) in [6.07, 6.45) is 3.75. The molecule has 5 atom stereocenters. The molecule has 5 saturated carbocycles. The zero-order chi connectivity index (χ0) is 89.7. The van der Waals surface area contributed by atoms with Gasteiger partial charge in [0, 0.05) is 76.7 Å². The molecule has 5 heterocycles. The van der Waals surface area contributed by atoms with E-state index in [1.807, 2.05) is 127 Å². The molecule has 10 aliphatic rings. The van der Waals surface area contributed by atoms with Crippen LogP contribution in [0.1, 0.15) is 127 Å². The van der Waals surface area contributed by atoms with Crippen LogP contribution in [-0.2, 0) is 78.1 Å². The molecule has 640 valence electrons. The number of rotatable bonds is 10. The second-order valence-electron chi connectivity index (χ2n) is 35.6. The van der Waals surface area contributed by atoms with Gasteiger partial charge in [-0.05, 0) is 265 Å². The number of amides is 5. The number of carbonyl (C=O) groups is 5. The summed E-state index contributed by atoms with van der Waals surface area (Å²) in [7, 11) is 0. The van der Waals surface area contributed by atoms with Gasteiger partial charge in [0.2, 0.25) is 29.5 Å². The zero-order valence-corrected chi connectivity index (χ0v) is 80.5. The molecule has 130 heavy (non-hydrogen) atoms. The number of hydrogen-bond donors (Lipinski definition) is 5. The van der Waals surface area contributed by atoms with Gasteiger partial charge >= 0.3 is 0 Å². The highest BCUT2D eigenvalue weighted by Crippen LogP contribution is 2.78. The Morgan fingerprint density at radius 3 is 0.800 bits per heavy atom. The second kappa shape index (κ2) is 32.1. The van der Waals surface area contributed by atoms with Gasteiger partial charge in [0.05, 0.1) is 37.8 Å². The van der Waals surface area contributed by atoms with Crippen molar-refractivity contribution in [2.45, 2.75) is 100 Å². The molecule has 15 aromatic rings. The average Bonchev–Trinajstić information content (AvgIpc) is 1.51. The van der Waals surface area contributed by atoms with E-state index in [1.54, 1.807) is 0 Å². The van der Waals surface area contributed by atoms with Gasteiger partial charge < -0.3 is 26.6 Å². The van der Waals surface area contributed by atoms with Crippen molar-refractivity contribution in [3.63, 3.8) is 0 Å². The quantitative estimate of drug-likeness (QED) is 0.0926. The van der Waals surface area contributed by atoms with Crippen molar-refractivity contribution in [2.75, 3.05) is 26.6 Å². The number of halogens is 8. The fourth-order valence-electron chi connectivity index (χ4n) is 23.5. The molecular weight excluding hydrogens is 2030 g/mol. The second-order valence-corrected chi connectivity index (χ2v) is 41.2. The van der Waals surface area contributed by atoms with Gasteiger partial charge in [-0.1, -0.05) is 347 Å². The number of hydrogen-bond acceptors (Lipinski definition) is 5. The average molecular weight is 2110 g/mol. The Morgan fingerprint density at radius 2 is 0.485 bits per heavy atom. The molecule has 5 fully saturated rings. The molecule has 5 amide bonds. The van der Waals surface area contributed by atoms with Crippen LogP contribution in [0.5, 0.6) is 0 Å². The summed E-state index contributed by atoms with van der Waals surface area (Å²) >= 11 is 27.6. The van der Waals surface area contributed by atoms with E-state index in [2.05, 4.69) is 360 Å². The minimum absolute atomic E-state index is 0.0503. The maximum absolute atomic E-state index is 14.2. The molecule has 0 bridgehead atoms. The first-order valence-electron chi connectivity index (χ1n) is 43.2. The van der Waals surface area contributed by atoms with Crippen molar-refractivity contribution in [2.24, 2.45) is 0 Å². The predicted octanol–water partition coefficient (Wildman–Crippen LogP) is 27.3. The lowest BCUT2D eigenvalue weighted by atomic mass is 9.77. The lowest BCUT2D eigenvalue weighted by molar-refractivity contribution is -0.119. The van der Waals surface area contributed by atoms with E-state index in [1.165, 1.54) is 56.6 Å². The van der Waals surface area contributed by atoms with Crippen LogP contribution in [0.2, 0.25) is 5.02 Å². The van der Waals surface area contributed by atoms with E-state index in [4.69, 9.17) is 11.6 Å². The molecule has 5 N–H and O–H groups in total. The zero-order valence-electron chi connectivity index (χ0n) is 70.2. The van der Waals surface area contributed by atoms with Crippen molar-refractivity contribution in [3.05, 3.63) is 496 Å². The predicted molar refractivity (Wildman–Crippen MR) is 536 cm³/mol. The summed E-state index contributed by atoms with van der Waals surface area (Å²) in [6.45, 7) is 4.11. The lowest BCUT2D eigenvalue weighted by Crippen LogP contribution is -2.30. The van der Waals surface area contributed by atoms with Crippen LogP contribution in [0.25, 0.3) is 0 Å². The smallest absolute Gasteiger partial charge is 0.236 e. The molecule has 15 aromatic carbocycles. The van der Waals surface area contributed by atoms with Crippen LogP contribution in [-0.4, -0.2) is 29.5 Å². The van der Waals surface area contributed by atoms with Crippen molar-refractivity contribution < 1.29 is 28.4 Å². The van der Waals surface area contributed by atoms with E-state index < -0.39 is 32.5 Å². The molecule has 0 radical (unpaired) electrons. The van der Waals surface area contributed by atoms with Gasteiger partial charge in [0.15, 0.2) is 0 Å². The van der Waals surface area contributed by atoms with Gasteiger partial charge in [0.1, 0.15) is 5.82 Å². The normalized spacial score (nSPS) is 22.2. The number of aryl methyl sites for hydroxylation is 2. The third kappa shape index (κ3) is 12.5. The number of anilines is 5. The molecule has 5 aliphatic heterocycles. The van der Waals surface area contributed by atoms with Crippen LogP contribution < -0.4 is 26.6 Å². The van der Waals surface area contributed by atoms with Crippen molar-refractivity contribution in [3.8, 4) is 0 Å². The van der Waals surface area contributed by atoms with Crippen LogP contribution in [0.4, 0.5) is 32.8 Å². The van der Waals surface area contributed by atoms with E-state index in [0.717, 1.165) is 121 Å². The first kappa shape index (κ1) is 85.5. The summed E-state index contributed by atoms with van der Waals surface area (Å²) in [5.41, 5.74) is 18.4. The molecule has 0 aromatic heterocycles. The van der Waals surface area contributed by atoms with Gasteiger partial charge in [-0.2, -0.15) is 0 Å². The third-order valence-corrected chi connectivity index (χ3v) is 34.5. The van der Waals surface area contributed by atoms with Crippen LogP contribution in [0, 0.1) is 19.7 Å². The summed E-state index contributed by atoms with van der Waals surface area (Å²) < 4.78 is 19.6. The topological polar surface area (TPSA) is 146 Å². The standard InChI is InChI=1S/2C23H18BrNO.C22H15Br2NO.C22H15BrClNO.C22H15BrFNO/c1-15-12-20-18(13-19(15)24)23(21(26)25-20)14-22(23,16-8-4-2-5-9-16)17-10-6-3-7-11-17;1-15-12-18(24)13-19-20(15)25-21(26)23(19)14-22(23,16-8-4-2-5-9-16)17-10-6-3-7-11-17;2*23-17-11-16-19(12-18(17)24)25-20(26)22(16)13-21(22,14-7-3-1-4-8-14)15-9-5-2-6-10-15;23-18-12-16(24)11-17-19(18)25-20(26)22(17)13-21(22,14-7-3-1-4-8-14)15-9-5-2-6-10-15/h2*2-13H,14H2,1H3,(H,25,26);3*1-12H,13H2,(H,25,26). The minimum atomic E-state index is -0.782. The van der Waals surface area contributed by atoms with Crippen molar-refractivity contribution >= 4 is 165 Å². The largest absolute Gasteiger partial charge is 0.325 e. The van der Waals surface area contributed by atoms with Crippen LogP contribution in [0.3, 0.4) is 0 Å². The Hall–Kier alpha value is -11.3. The lowest BCUT2D eigenvalue weighted by Gasteiger charge is -2.23. The fourth-order valence-corrected chi connectivity index (χ4v) is 26.1. The maximum Gasteiger partial charge on any atom is 0.236 e. The van der Waals surface area contributed by atoms with Gasteiger partial charge in [-0.25, -0.2) is 4.39 Å². The minimum Gasteiger partial charge on any atom is -0.325 e. The molecule has 5 unspecified atom stereocenters. The van der Waals surface area contributed by atoms with E-state index in [9.17, 15) is 28.4 Å². The van der Waals surface area contributed by atoms with Crippen molar-refractivity contribution in [1.82, 2.24) is 0 Å². The summed E-state index contributed by atoms with van der Waals surface area (Å²) in [4.78, 5) is 66.3. The highest BCUT2D eigenvalue weighted by atomic mass is 79.9.